The van der Waals surface area contributed by atoms with Crippen LogP contribution in [0.3, 0.4) is 0 Å². The van der Waals surface area contributed by atoms with Gasteiger partial charge in [0.1, 0.15) is 5.01 Å². The van der Waals surface area contributed by atoms with Crippen molar-refractivity contribution in [2.24, 2.45) is 0 Å². The molecule has 1 N–H and O–H groups in total. The molecule has 18 heavy (non-hydrogen) atoms. The molecule has 0 spiro atoms. The van der Waals surface area contributed by atoms with Crippen molar-refractivity contribution in [1.29, 1.82) is 0 Å². The number of thiazole rings is 1. The number of aryl methyl sites for hydroxylation is 1. The SMILES string of the molecule is Cc1csc(-c2ccccc2CNS(C)(=O)=O)n1. The largest absolute Gasteiger partial charge is 0.241 e. The van der Waals surface area contributed by atoms with Gasteiger partial charge in [-0.05, 0) is 12.5 Å². The van der Waals surface area contributed by atoms with Crippen LogP contribution in [0.25, 0.3) is 10.6 Å². The summed E-state index contributed by atoms with van der Waals surface area (Å²) in [5.74, 6) is 0. The maximum absolute atomic E-state index is 11.1. The quantitative estimate of drug-likeness (QED) is 0.935. The van der Waals surface area contributed by atoms with E-state index in [1.165, 1.54) is 0 Å². The Balaban J connectivity index is 2.31. The summed E-state index contributed by atoms with van der Waals surface area (Å²) in [5, 5.41) is 2.90. The van der Waals surface area contributed by atoms with Crippen LogP contribution in [0.4, 0.5) is 0 Å². The molecule has 1 aromatic carbocycles. The predicted octanol–water partition coefficient (Wildman–Crippen LogP) is 2.17. The van der Waals surface area contributed by atoms with Crippen molar-refractivity contribution in [2.45, 2.75) is 13.5 Å². The van der Waals surface area contributed by atoms with Gasteiger partial charge in [0.25, 0.3) is 0 Å². The second-order valence-corrected chi connectivity index (χ2v) is 6.74. The monoisotopic (exact) mass is 282 g/mol. The number of aromatic nitrogens is 1. The van der Waals surface area contributed by atoms with Gasteiger partial charge in [0.2, 0.25) is 10.0 Å². The molecule has 6 heteroatoms. The van der Waals surface area contributed by atoms with Crippen LogP contribution in [0.1, 0.15) is 11.3 Å². The Bertz CT molecular complexity index is 648. The van der Waals surface area contributed by atoms with Crippen LogP contribution in [0.2, 0.25) is 0 Å². The van der Waals surface area contributed by atoms with E-state index in [4.69, 9.17) is 0 Å². The molecule has 0 aliphatic carbocycles. The highest BCUT2D eigenvalue weighted by atomic mass is 32.2. The van der Waals surface area contributed by atoms with Crippen LogP contribution in [0.15, 0.2) is 29.6 Å². The Morgan fingerprint density at radius 2 is 2.06 bits per heavy atom. The fourth-order valence-corrected chi connectivity index (χ4v) is 2.85. The van der Waals surface area contributed by atoms with Gasteiger partial charge in [-0.1, -0.05) is 24.3 Å². The lowest BCUT2D eigenvalue weighted by Gasteiger charge is -2.07. The zero-order chi connectivity index (χ0) is 13.2. The van der Waals surface area contributed by atoms with E-state index < -0.39 is 10.0 Å². The van der Waals surface area contributed by atoms with Gasteiger partial charge < -0.3 is 0 Å². The van der Waals surface area contributed by atoms with E-state index in [1.807, 2.05) is 36.6 Å². The number of benzene rings is 1. The minimum Gasteiger partial charge on any atom is -0.241 e. The average Bonchev–Trinajstić information content (AvgIpc) is 2.72. The van der Waals surface area contributed by atoms with Gasteiger partial charge in [-0.25, -0.2) is 18.1 Å². The Kier molecular flexibility index (Phi) is 3.79. The smallest absolute Gasteiger partial charge is 0.209 e. The summed E-state index contributed by atoms with van der Waals surface area (Å²) < 4.78 is 24.8. The van der Waals surface area contributed by atoms with Crippen molar-refractivity contribution in [3.05, 3.63) is 40.9 Å². The van der Waals surface area contributed by atoms with Crippen molar-refractivity contribution in [2.75, 3.05) is 6.26 Å². The molecule has 0 unspecified atom stereocenters. The van der Waals surface area contributed by atoms with Crippen molar-refractivity contribution < 1.29 is 8.42 Å². The van der Waals surface area contributed by atoms with Crippen LogP contribution >= 0.6 is 11.3 Å². The Morgan fingerprint density at radius 3 is 2.67 bits per heavy atom. The molecule has 0 amide bonds. The first kappa shape index (κ1) is 13.2. The number of hydrogen-bond acceptors (Lipinski definition) is 4. The Hall–Kier alpha value is -1.24. The molecule has 0 radical (unpaired) electrons. The zero-order valence-corrected chi connectivity index (χ0v) is 11.8. The van der Waals surface area contributed by atoms with Gasteiger partial charge in [-0.3, -0.25) is 0 Å². The van der Waals surface area contributed by atoms with Gasteiger partial charge in [-0.15, -0.1) is 11.3 Å². The minimum atomic E-state index is -3.18. The molecule has 0 saturated heterocycles. The molecular formula is C12H14N2O2S2. The van der Waals surface area contributed by atoms with Crippen LogP contribution in [-0.2, 0) is 16.6 Å². The normalized spacial score (nSPS) is 11.7. The van der Waals surface area contributed by atoms with Crippen molar-refractivity contribution in [3.63, 3.8) is 0 Å². The van der Waals surface area contributed by atoms with Gasteiger partial charge in [0, 0.05) is 23.2 Å². The Morgan fingerprint density at radius 1 is 1.33 bits per heavy atom. The van der Waals surface area contributed by atoms with E-state index in [0.29, 0.717) is 0 Å². The standard InChI is InChI=1S/C12H14N2O2S2/c1-9-8-17-12(14-9)11-6-4-3-5-10(11)7-13-18(2,15)16/h3-6,8,13H,7H2,1-2H3. The van der Waals surface area contributed by atoms with Crippen molar-refractivity contribution in [1.82, 2.24) is 9.71 Å². The molecule has 96 valence electrons. The maximum atomic E-state index is 11.1. The molecule has 0 bridgehead atoms. The molecule has 2 aromatic rings. The molecule has 0 fully saturated rings. The molecule has 0 aliphatic heterocycles. The molecule has 1 aromatic heterocycles. The van der Waals surface area contributed by atoms with Crippen molar-refractivity contribution in [3.8, 4) is 10.6 Å². The molecule has 4 nitrogen and oxygen atoms in total. The number of nitrogens with one attached hydrogen (secondary N) is 1. The topological polar surface area (TPSA) is 59.1 Å². The summed E-state index contributed by atoms with van der Waals surface area (Å²) in [4.78, 5) is 4.43. The molecule has 0 aliphatic rings. The fraction of sp³-hybridized carbons (Fsp3) is 0.250. The van der Waals surface area contributed by atoms with E-state index in [9.17, 15) is 8.42 Å². The van der Waals surface area contributed by atoms with E-state index in [1.54, 1.807) is 11.3 Å². The van der Waals surface area contributed by atoms with Crippen LogP contribution < -0.4 is 4.72 Å². The summed E-state index contributed by atoms with van der Waals surface area (Å²) in [6.45, 7) is 2.23. The number of hydrogen-bond donors (Lipinski definition) is 1. The third kappa shape index (κ3) is 3.38. The third-order valence-corrected chi connectivity index (χ3v) is 4.05. The lowest BCUT2D eigenvalue weighted by atomic mass is 10.1. The number of sulfonamides is 1. The van der Waals surface area contributed by atoms with Crippen LogP contribution in [-0.4, -0.2) is 19.7 Å². The van der Waals surface area contributed by atoms with Gasteiger partial charge in [0.05, 0.1) is 6.26 Å². The Labute approximate surface area is 111 Å². The van der Waals surface area contributed by atoms with Crippen molar-refractivity contribution >= 4 is 21.4 Å². The van der Waals surface area contributed by atoms with E-state index >= 15 is 0 Å². The summed E-state index contributed by atoms with van der Waals surface area (Å²) >= 11 is 1.56. The zero-order valence-electron chi connectivity index (χ0n) is 10.2. The second kappa shape index (κ2) is 5.17. The first-order valence-electron chi connectivity index (χ1n) is 5.41. The molecule has 2 rings (SSSR count). The lowest BCUT2D eigenvalue weighted by molar-refractivity contribution is 0.587. The summed E-state index contributed by atoms with van der Waals surface area (Å²) in [6, 6.07) is 7.68. The van der Waals surface area contributed by atoms with Crippen LogP contribution in [0.5, 0.6) is 0 Å². The van der Waals surface area contributed by atoms with Gasteiger partial charge in [0.15, 0.2) is 0 Å². The predicted molar refractivity (Wildman–Crippen MR) is 74.0 cm³/mol. The van der Waals surface area contributed by atoms with E-state index in [0.717, 1.165) is 28.1 Å². The number of rotatable bonds is 4. The highest BCUT2D eigenvalue weighted by molar-refractivity contribution is 7.88. The van der Waals surface area contributed by atoms with Gasteiger partial charge >= 0.3 is 0 Å². The first-order chi connectivity index (χ1) is 8.46. The molecule has 0 saturated carbocycles. The van der Waals surface area contributed by atoms with Crippen LogP contribution in [0, 0.1) is 6.92 Å². The summed E-state index contributed by atoms with van der Waals surface area (Å²) in [7, 11) is -3.18. The minimum absolute atomic E-state index is 0.285. The highest BCUT2D eigenvalue weighted by Gasteiger charge is 2.09. The average molecular weight is 282 g/mol. The highest BCUT2D eigenvalue weighted by Crippen LogP contribution is 2.26. The molecule has 0 atom stereocenters. The van der Waals surface area contributed by atoms with Gasteiger partial charge in [-0.2, -0.15) is 0 Å². The van der Waals surface area contributed by atoms with E-state index in [-0.39, 0.29) is 6.54 Å². The fourth-order valence-electron chi connectivity index (χ4n) is 1.57. The number of nitrogens with zero attached hydrogens (tertiary/aromatic N) is 1. The molecular weight excluding hydrogens is 268 g/mol. The maximum Gasteiger partial charge on any atom is 0.209 e. The lowest BCUT2D eigenvalue weighted by Crippen LogP contribution is -2.21. The summed E-state index contributed by atoms with van der Waals surface area (Å²) in [6.07, 6.45) is 1.16. The third-order valence-electron chi connectivity index (χ3n) is 2.39. The second-order valence-electron chi connectivity index (χ2n) is 4.04. The van der Waals surface area contributed by atoms with E-state index in [2.05, 4.69) is 9.71 Å². The first-order valence-corrected chi connectivity index (χ1v) is 8.18. The molecule has 1 heterocycles. The summed E-state index contributed by atoms with van der Waals surface area (Å²) in [5.41, 5.74) is 2.88.